The molecule has 0 spiro atoms. The SMILES string of the molecule is CC1(C)c2ccc(-c3ccc(-c4c5ccccc5c(-c5ccccc5)c5ccccc45)cc3)cc2-c2ccc3c(oc4ccc5ccccc5c43)c21. The summed E-state index contributed by atoms with van der Waals surface area (Å²) >= 11 is 0. The third-order valence-electron chi connectivity index (χ3n) is 11.6. The molecule has 1 aromatic heterocycles. The van der Waals surface area contributed by atoms with Crippen LogP contribution < -0.4 is 0 Å². The zero-order chi connectivity index (χ0) is 34.6. The van der Waals surface area contributed by atoms with Crippen molar-refractivity contribution in [2.75, 3.05) is 0 Å². The predicted octanol–water partition coefficient (Wildman–Crippen LogP) is 14.4. The predicted molar refractivity (Wildman–Crippen MR) is 220 cm³/mol. The fourth-order valence-corrected chi connectivity index (χ4v) is 9.27. The molecular formula is C51H34O. The molecule has 1 aliphatic rings. The second-order valence-corrected chi connectivity index (χ2v) is 14.8. The van der Waals surface area contributed by atoms with Gasteiger partial charge in [-0.05, 0) is 101 Å². The van der Waals surface area contributed by atoms with Gasteiger partial charge in [0.25, 0.3) is 0 Å². The van der Waals surface area contributed by atoms with Crippen LogP contribution in [0.2, 0.25) is 0 Å². The second kappa shape index (κ2) is 10.8. The zero-order valence-electron chi connectivity index (χ0n) is 29.1. The van der Waals surface area contributed by atoms with Gasteiger partial charge in [-0.25, -0.2) is 0 Å². The van der Waals surface area contributed by atoms with Gasteiger partial charge in [0, 0.05) is 21.8 Å². The molecule has 0 radical (unpaired) electrons. The first kappa shape index (κ1) is 29.3. The number of hydrogen-bond donors (Lipinski definition) is 0. The smallest absolute Gasteiger partial charge is 0.140 e. The largest absolute Gasteiger partial charge is 0.456 e. The van der Waals surface area contributed by atoms with Crippen LogP contribution in [0.5, 0.6) is 0 Å². The fraction of sp³-hybridized carbons (Fsp3) is 0.0588. The van der Waals surface area contributed by atoms with Crippen LogP contribution in [-0.2, 0) is 5.41 Å². The van der Waals surface area contributed by atoms with Crippen LogP contribution in [-0.4, -0.2) is 0 Å². The van der Waals surface area contributed by atoms with Crippen molar-refractivity contribution < 1.29 is 4.42 Å². The molecule has 0 fully saturated rings. The van der Waals surface area contributed by atoms with Crippen molar-refractivity contribution in [2.24, 2.45) is 0 Å². The summed E-state index contributed by atoms with van der Waals surface area (Å²) in [5.74, 6) is 0. The molecule has 0 amide bonds. The quantitative estimate of drug-likeness (QED) is 0.172. The van der Waals surface area contributed by atoms with E-state index in [1.54, 1.807) is 0 Å². The Morgan fingerprint density at radius 1 is 0.404 bits per heavy atom. The summed E-state index contributed by atoms with van der Waals surface area (Å²) in [6, 6.07) is 62.3. The Bertz CT molecular complexity index is 3010. The maximum absolute atomic E-state index is 6.73. The van der Waals surface area contributed by atoms with Crippen LogP contribution in [0.25, 0.3) is 98.8 Å². The van der Waals surface area contributed by atoms with Crippen molar-refractivity contribution >= 4 is 54.3 Å². The molecule has 0 atom stereocenters. The Labute approximate surface area is 302 Å². The van der Waals surface area contributed by atoms with Gasteiger partial charge >= 0.3 is 0 Å². The van der Waals surface area contributed by atoms with E-state index in [9.17, 15) is 0 Å². The maximum atomic E-state index is 6.73. The molecule has 0 unspecified atom stereocenters. The molecule has 1 heterocycles. The maximum Gasteiger partial charge on any atom is 0.140 e. The Hall–Kier alpha value is -6.44. The Morgan fingerprint density at radius 2 is 0.962 bits per heavy atom. The van der Waals surface area contributed by atoms with E-state index < -0.39 is 0 Å². The van der Waals surface area contributed by atoms with Crippen molar-refractivity contribution in [3.63, 3.8) is 0 Å². The molecule has 0 N–H and O–H groups in total. The van der Waals surface area contributed by atoms with Crippen molar-refractivity contribution in [3.8, 4) is 44.5 Å². The Morgan fingerprint density at radius 3 is 1.63 bits per heavy atom. The van der Waals surface area contributed by atoms with Crippen molar-refractivity contribution in [1.29, 1.82) is 0 Å². The molecule has 1 nitrogen and oxygen atoms in total. The van der Waals surface area contributed by atoms with E-state index >= 15 is 0 Å². The minimum absolute atomic E-state index is 0.190. The highest BCUT2D eigenvalue weighted by Crippen LogP contribution is 2.54. The summed E-state index contributed by atoms with van der Waals surface area (Å²) in [5.41, 5.74) is 14.4. The highest BCUT2D eigenvalue weighted by atomic mass is 16.3. The third-order valence-corrected chi connectivity index (χ3v) is 11.6. The summed E-state index contributed by atoms with van der Waals surface area (Å²) in [6.45, 7) is 4.68. The first-order valence-electron chi connectivity index (χ1n) is 18.2. The van der Waals surface area contributed by atoms with E-state index in [2.05, 4.69) is 184 Å². The topological polar surface area (TPSA) is 13.1 Å². The van der Waals surface area contributed by atoms with E-state index in [1.807, 2.05) is 0 Å². The summed E-state index contributed by atoms with van der Waals surface area (Å²) in [5, 5.41) is 9.98. The van der Waals surface area contributed by atoms with E-state index in [0.717, 1.165) is 11.2 Å². The first-order valence-corrected chi connectivity index (χ1v) is 18.2. The Balaban J connectivity index is 1.04. The van der Waals surface area contributed by atoms with Gasteiger partial charge in [-0.15, -0.1) is 0 Å². The average Bonchev–Trinajstić information content (AvgIpc) is 3.69. The van der Waals surface area contributed by atoms with E-state index in [-0.39, 0.29) is 5.41 Å². The van der Waals surface area contributed by atoms with Crippen LogP contribution in [0.1, 0.15) is 25.0 Å². The number of fused-ring (bicyclic) bond motifs is 11. The van der Waals surface area contributed by atoms with Gasteiger partial charge in [-0.2, -0.15) is 0 Å². The molecule has 0 saturated heterocycles. The lowest BCUT2D eigenvalue weighted by Crippen LogP contribution is -2.15. The van der Waals surface area contributed by atoms with Crippen molar-refractivity contribution in [3.05, 3.63) is 181 Å². The van der Waals surface area contributed by atoms with Gasteiger partial charge in [-0.1, -0.05) is 166 Å². The number of benzene rings is 9. The normalized spacial score (nSPS) is 13.3. The van der Waals surface area contributed by atoms with Crippen LogP contribution in [0.15, 0.2) is 174 Å². The molecule has 1 heteroatoms. The monoisotopic (exact) mass is 662 g/mol. The molecule has 244 valence electrons. The molecule has 0 bridgehead atoms. The van der Waals surface area contributed by atoms with Crippen LogP contribution in [0.4, 0.5) is 0 Å². The fourth-order valence-electron chi connectivity index (χ4n) is 9.27. The van der Waals surface area contributed by atoms with Gasteiger partial charge in [0.05, 0.1) is 0 Å². The summed E-state index contributed by atoms with van der Waals surface area (Å²) < 4.78 is 6.73. The van der Waals surface area contributed by atoms with Crippen molar-refractivity contribution in [2.45, 2.75) is 19.3 Å². The number of hydrogen-bond acceptors (Lipinski definition) is 1. The zero-order valence-corrected chi connectivity index (χ0v) is 29.1. The standard InChI is InChI=1S/C51H34O/c1-51(2)44-28-24-35(30-43(44)41-26-27-42-48-36-15-7-6-12-32(36)25-29-45(48)52-50(42)49(41)51)31-20-22-34(23-21-31)47-39-18-10-8-16-37(39)46(33-13-4-3-5-14-33)38-17-9-11-19-40(38)47/h3-30H,1-2H3. The van der Waals surface area contributed by atoms with E-state index in [4.69, 9.17) is 4.42 Å². The number of furan rings is 1. The molecule has 11 rings (SSSR count). The number of rotatable bonds is 3. The van der Waals surface area contributed by atoms with E-state index in [0.29, 0.717) is 0 Å². The molecular weight excluding hydrogens is 629 g/mol. The summed E-state index contributed by atoms with van der Waals surface area (Å²) in [6.07, 6.45) is 0. The lowest BCUT2D eigenvalue weighted by atomic mass is 9.81. The third kappa shape index (κ3) is 4.05. The lowest BCUT2D eigenvalue weighted by molar-refractivity contribution is 0.620. The lowest BCUT2D eigenvalue weighted by Gasteiger charge is -2.21. The second-order valence-electron chi connectivity index (χ2n) is 14.8. The molecule has 0 saturated carbocycles. The van der Waals surface area contributed by atoms with E-state index in [1.165, 1.54) is 98.7 Å². The minimum atomic E-state index is -0.190. The van der Waals surface area contributed by atoms with Gasteiger partial charge in [0.15, 0.2) is 0 Å². The van der Waals surface area contributed by atoms with Crippen LogP contribution in [0, 0.1) is 0 Å². The van der Waals surface area contributed by atoms with Crippen LogP contribution in [0.3, 0.4) is 0 Å². The van der Waals surface area contributed by atoms with Gasteiger partial charge in [0.2, 0.25) is 0 Å². The molecule has 1 aliphatic carbocycles. The first-order chi connectivity index (χ1) is 25.6. The minimum Gasteiger partial charge on any atom is -0.456 e. The molecule has 9 aromatic carbocycles. The molecule has 10 aromatic rings. The molecule has 0 aliphatic heterocycles. The Kier molecular flexibility index (Phi) is 6.08. The molecule has 52 heavy (non-hydrogen) atoms. The average molecular weight is 663 g/mol. The summed E-state index contributed by atoms with van der Waals surface area (Å²) in [7, 11) is 0. The highest BCUT2D eigenvalue weighted by molar-refractivity contribution is 6.22. The van der Waals surface area contributed by atoms with Crippen molar-refractivity contribution in [1.82, 2.24) is 0 Å². The van der Waals surface area contributed by atoms with Gasteiger partial charge in [0.1, 0.15) is 11.2 Å². The summed E-state index contributed by atoms with van der Waals surface area (Å²) in [4.78, 5) is 0. The van der Waals surface area contributed by atoms with Gasteiger partial charge in [-0.3, -0.25) is 0 Å². The highest BCUT2D eigenvalue weighted by Gasteiger charge is 2.38. The van der Waals surface area contributed by atoms with Gasteiger partial charge < -0.3 is 4.42 Å². The van der Waals surface area contributed by atoms with Crippen LogP contribution >= 0.6 is 0 Å².